The first kappa shape index (κ1) is 7.69. The van der Waals surface area contributed by atoms with Gasteiger partial charge in [0, 0.05) is 0 Å². The lowest BCUT2D eigenvalue weighted by Crippen LogP contribution is -2.10. The van der Waals surface area contributed by atoms with Crippen LogP contribution in [0.5, 0.6) is 0 Å². The summed E-state index contributed by atoms with van der Waals surface area (Å²) >= 11 is 2.93. The first-order chi connectivity index (χ1) is 3.68. The van der Waals surface area contributed by atoms with Crippen LogP contribution in [0.3, 0.4) is 0 Å². The first-order valence-electron chi connectivity index (χ1n) is 2.16. The van der Waals surface area contributed by atoms with Crippen LogP contribution in [-0.2, 0) is 4.79 Å². The van der Waals surface area contributed by atoms with E-state index in [1.165, 1.54) is 0 Å². The van der Waals surface area contributed by atoms with Gasteiger partial charge in [-0.3, -0.25) is 4.79 Å². The van der Waals surface area contributed by atoms with Crippen molar-refractivity contribution in [2.24, 2.45) is 0 Å². The highest BCUT2D eigenvalue weighted by atomic mass is 79.9. The summed E-state index contributed by atoms with van der Waals surface area (Å²) in [4.78, 5) is 9.52. The number of rotatable bonds is 3. The van der Waals surface area contributed by atoms with Gasteiger partial charge < -0.3 is 5.11 Å². The predicted molar refractivity (Wildman–Crippen MR) is 35.2 cm³/mol. The van der Waals surface area contributed by atoms with Gasteiger partial charge >= 0.3 is 5.97 Å². The van der Waals surface area contributed by atoms with Gasteiger partial charge in [0.05, 0.1) is 0 Å². The van der Waals surface area contributed by atoms with Crippen LogP contribution < -0.4 is 0 Å². The molecule has 46 valence electrons. The number of carboxylic acid groups (broad SMARTS) is 1. The van der Waals surface area contributed by atoms with E-state index in [0.29, 0.717) is 6.42 Å². The first-order valence-corrected chi connectivity index (χ1v) is 3.08. The lowest BCUT2D eigenvalue weighted by molar-refractivity contribution is -0.136. The molecule has 3 heteroatoms. The van der Waals surface area contributed by atoms with Crippen LogP contribution in [0, 0.1) is 0 Å². The van der Waals surface area contributed by atoms with Crippen molar-refractivity contribution in [3.8, 4) is 0 Å². The Morgan fingerprint density at radius 1 is 2.00 bits per heavy atom. The van der Waals surface area contributed by atoms with Gasteiger partial charge in [-0.25, -0.2) is 0 Å². The lowest BCUT2D eigenvalue weighted by atomic mass is 10.3. The number of hydrogen-bond donors (Lipinski definition) is 1. The SMILES string of the molecule is C=CCC(Br)C(=O)O. The van der Waals surface area contributed by atoms with Gasteiger partial charge in [-0.05, 0) is 6.42 Å². The van der Waals surface area contributed by atoms with E-state index >= 15 is 0 Å². The molecule has 0 spiro atoms. The molecule has 0 amide bonds. The van der Waals surface area contributed by atoms with E-state index in [4.69, 9.17) is 5.11 Å². The fraction of sp³-hybridized carbons (Fsp3) is 0.400. The van der Waals surface area contributed by atoms with E-state index in [-0.39, 0.29) is 0 Å². The fourth-order valence-electron chi connectivity index (χ4n) is 0.247. The highest BCUT2D eigenvalue weighted by molar-refractivity contribution is 9.10. The van der Waals surface area contributed by atoms with E-state index in [0.717, 1.165) is 0 Å². The molecule has 1 unspecified atom stereocenters. The summed E-state index contributed by atoms with van der Waals surface area (Å²) < 4.78 is 0. The molecule has 0 rings (SSSR count). The minimum atomic E-state index is -0.843. The number of aliphatic carboxylic acids is 1. The number of carboxylic acids is 1. The van der Waals surface area contributed by atoms with Gasteiger partial charge in [0.15, 0.2) is 0 Å². The van der Waals surface area contributed by atoms with Crippen LogP contribution in [0.15, 0.2) is 12.7 Å². The van der Waals surface area contributed by atoms with E-state index in [9.17, 15) is 4.79 Å². The van der Waals surface area contributed by atoms with Crippen LogP contribution in [0.2, 0.25) is 0 Å². The summed E-state index contributed by atoms with van der Waals surface area (Å²) in [6, 6.07) is 0. The normalized spacial score (nSPS) is 12.6. The smallest absolute Gasteiger partial charge is 0.317 e. The van der Waals surface area contributed by atoms with E-state index < -0.39 is 10.8 Å². The second-order valence-electron chi connectivity index (χ2n) is 1.33. The maximum atomic E-state index is 9.99. The second-order valence-corrected chi connectivity index (χ2v) is 2.44. The summed E-state index contributed by atoms with van der Waals surface area (Å²) in [7, 11) is 0. The van der Waals surface area contributed by atoms with Crippen LogP contribution >= 0.6 is 15.9 Å². The molecule has 1 N–H and O–H groups in total. The molecule has 0 aromatic heterocycles. The largest absolute Gasteiger partial charge is 0.480 e. The zero-order valence-electron chi connectivity index (χ0n) is 4.30. The Morgan fingerprint density at radius 3 is 2.62 bits per heavy atom. The highest BCUT2D eigenvalue weighted by Gasteiger charge is 2.08. The third-order valence-corrected chi connectivity index (χ3v) is 1.41. The molecule has 0 heterocycles. The Morgan fingerprint density at radius 2 is 2.50 bits per heavy atom. The molecule has 0 saturated heterocycles. The summed E-state index contributed by atoms with van der Waals surface area (Å²) in [5, 5.41) is 8.22. The Labute approximate surface area is 56.3 Å². The Bertz CT molecular complexity index is 101. The minimum absolute atomic E-state index is 0.468. The zero-order valence-corrected chi connectivity index (χ0v) is 5.89. The average Bonchev–Trinajstić information content (AvgIpc) is 1.67. The van der Waals surface area contributed by atoms with E-state index in [2.05, 4.69) is 22.5 Å². The highest BCUT2D eigenvalue weighted by Crippen LogP contribution is 2.04. The minimum Gasteiger partial charge on any atom is -0.480 e. The summed E-state index contributed by atoms with van der Waals surface area (Å²) in [5.41, 5.74) is 0. The zero-order chi connectivity index (χ0) is 6.57. The monoisotopic (exact) mass is 178 g/mol. The molecule has 0 aliphatic rings. The van der Waals surface area contributed by atoms with Crippen molar-refractivity contribution in [3.05, 3.63) is 12.7 Å². The number of alkyl halides is 1. The van der Waals surface area contributed by atoms with Crippen molar-refractivity contribution in [3.63, 3.8) is 0 Å². The topological polar surface area (TPSA) is 37.3 Å². The van der Waals surface area contributed by atoms with Gasteiger partial charge in [0.2, 0.25) is 0 Å². The number of carbonyl (C=O) groups is 1. The van der Waals surface area contributed by atoms with E-state index in [1.54, 1.807) is 6.08 Å². The quantitative estimate of drug-likeness (QED) is 0.525. The maximum Gasteiger partial charge on any atom is 0.317 e. The van der Waals surface area contributed by atoms with E-state index in [1.807, 2.05) is 0 Å². The number of hydrogen-bond acceptors (Lipinski definition) is 1. The summed E-state index contributed by atoms with van der Waals surface area (Å²) in [6.45, 7) is 3.39. The molecule has 2 nitrogen and oxygen atoms in total. The number of allylic oxidation sites excluding steroid dienone is 1. The molecule has 0 aliphatic carbocycles. The molecule has 0 radical (unpaired) electrons. The third kappa shape index (κ3) is 2.80. The van der Waals surface area contributed by atoms with Crippen molar-refractivity contribution >= 4 is 21.9 Å². The van der Waals surface area contributed by atoms with Crippen molar-refractivity contribution in [1.82, 2.24) is 0 Å². The molecule has 1 atom stereocenters. The molecular weight excluding hydrogens is 172 g/mol. The van der Waals surface area contributed by atoms with Crippen LogP contribution in [0.25, 0.3) is 0 Å². The van der Waals surface area contributed by atoms with Crippen LogP contribution in [-0.4, -0.2) is 15.9 Å². The number of halogens is 1. The fourth-order valence-corrected chi connectivity index (χ4v) is 0.511. The summed E-state index contributed by atoms with van der Waals surface area (Å²) in [6.07, 6.45) is 2.03. The average molecular weight is 179 g/mol. The van der Waals surface area contributed by atoms with Gasteiger partial charge in [-0.2, -0.15) is 0 Å². The standard InChI is InChI=1S/C5H7BrO2/c1-2-3-4(6)5(7)8/h2,4H,1,3H2,(H,7,8). The Kier molecular flexibility index (Phi) is 3.52. The van der Waals surface area contributed by atoms with Gasteiger partial charge in [-0.1, -0.05) is 22.0 Å². The van der Waals surface area contributed by atoms with Gasteiger partial charge in [-0.15, -0.1) is 6.58 Å². The van der Waals surface area contributed by atoms with Gasteiger partial charge in [0.1, 0.15) is 4.83 Å². The van der Waals surface area contributed by atoms with Crippen LogP contribution in [0.1, 0.15) is 6.42 Å². The maximum absolute atomic E-state index is 9.99. The van der Waals surface area contributed by atoms with Crippen molar-refractivity contribution in [1.29, 1.82) is 0 Å². The lowest BCUT2D eigenvalue weighted by Gasteiger charge is -1.95. The molecule has 0 fully saturated rings. The Hall–Kier alpha value is -0.310. The molecule has 0 aliphatic heterocycles. The molecule has 0 aromatic rings. The van der Waals surface area contributed by atoms with Crippen LogP contribution in [0.4, 0.5) is 0 Å². The molecule has 0 bridgehead atoms. The summed E-state index contributed by atoms with van der Waals surface area (Å²) in [5.74, 6) is -0.843. The third-order valence-electron chi connectivity index (χ3n) is 0.642. The molecule has 0 aromatic carbocycles. The molecule has 0 saturated carbocycles. The van der Waals surface area contributed by atoms with Crippen molar-refractivity contribution in [2.45, 2.75) is 11.2 Å². The molecule has 8 heavy (non-hydrogen) atoms. The molecular formula is C5H7BrO2. The predicted octanol–water partition coefficient (Wildman–Crippen LogP) is 1.41. The van der Waals surface area contributed by atoms with Crippen molar-refractivity contribution in [2.75, 3.05) is 0 Å². The van der Waals surface area contributed by atoms with Gasteiger partial charge in [0.25, 0.3) is 0 Å². The Balaban J connectivity index is 3.46. The second kappa shape index (κ2) is 3.66. The van der Waals surface area contributed by atoms with Crippen molar-refractivity contribution < 1.29 is 9.90 Å².